The van der Waals surface area contributed by atoms with Gasteiger partial charge in [0.05, 0.1) is 34.6 Å². The molecule has 0 aliphatic carbocycles. The topological polar surface area (TPSA) is 70.7 Å². The van der Waals surface area contributed by atoms with Crippen LogP contribution in [-0.4, -0.2) is 37.0 Å². The Balaban J connectivity index is 1.49. The van der Waals surface area contributed by atoms with E-state index in [0.717, 1.165) is 5.56 Å². The Morgan fingerprint density at radius 3 is 2.42 bits per heavy atom. The van der Waals surface area contributed by atoms with Crippen molar-refractivity contribution in [2.45, 2.75) is 6.42 Å². The van der Waals surface area contributed by atoms with Gasteiger partial charge in [0.1, 0.15) is 6.61 Å². The third-order valence-electron chi connectivity index (χ3n) is 4.60. The fraction of sp³-hybridized carbons (Fsp3) is 0.217. The summed E-state index contributed by atoms with van der Waals surface area (Å²) in [5.74, 6) is -0.850. The van der Waals surface area contributed by atoms with Crippen molar-refractivity contribution in [2.75, 3.05) is 25.5 Å². The number of hydrogen-bond donors (Lipinski definition) is 2. The number of amides is 1. The molecule has 6 nitrogen and oxygen atoms in total. The molecule has 1 aliphatic rings. The first-order valence-electron chi connectivity index (χ1n) is 9.75. The normalized spacial score (nSPS) is 13.2. The number of nitrogens with zero attached hydrogens (tertiary/aromatic N) is 1. The summed E-state index contributed by atoms with van der Waals surface area (Å²) < 4.78 is 5.28. The van der Waals surface area contributed by atoms with Crippen molar-refractivity contribution in [1.82, 2.24) is 10.2 Å². The number of hydrogen-bond acceptors (Lipinski definition) is 5. The standard InChI is InChI=1S/C23H23Cl2N3O3/c1-28-12-9-16(10-13-28)23(30)26-11-14-31-21(29)15-17-5-2-3-8-20(17)27-22-18(24)6-4-7-19(22)25/h2-10,12-13,16,27H,11,14-15H2,1H3,(H,26,30). The zero-order valence-electron chi connectivity index (χ0n) is 17.0. The van der Waals surface area contributed by atoms with Gasteiger partial charge in [-0.15, -0.1) is 0 Å². The molecule has 0 unspecified atom stereocenters. The largest absolute Gasteiger partial charge is 0.464 e. The molecule has 2 aromatic carbocycles. The lowest BCUT2D eigenvalue weighted by molar-refractivity contribution is -0.143. The Hall–Kier alpha value is -2.96. The number of esters is 1. The lowest BCUT2D eigenvalue weighted by Crippen LogP contribution is -2.33. The van der Waals surface area contributed by atoms with Crippen LogP contribution in [-0.2, 0) is 20.7 Å². The van der Waals surface area contributed by atoms with E-state index in [4.69, 9.17) is 27.9 Å². The van der Waals surface area contributed by atoms with Gasteiger partial charge < -0.3 is 20.3 Å². The number of nitrogens with one attached hydrogen (secondary N) is 2. The maximum atomic E-state index is 12.3. The second kappa shape index (κ2) is 10.9. The highest BCUT2D eigenvalue weighted by molar-refractivity contribution is 6.39. The average Bonchev–Trinajstić information content (AvgIpc) is 2.75. The molecule has 0 spiro atoms. The molecular weight excluding hydrogens is 437 g/mol. The number of benzene rings is 2. The summed E-state index contributed by atoms with van der Waals surface area (Å²) >= 11 is 12.5. The molecule has 0 aromatic heterocycles. The highest BCUT2D eigenvalue weighted by Crippen LogP contribution is 2.33. The molecule has 0 bridgehead atoms. The zero-order valence-corrected chi connectivity index (χ0v) is 18.5. The van der Waals surface area contributed by atoms with E-state index >= 15 is 0 Å². The lowest BCUT2D eigenvalue weighted by Gasteiger charge is -2.17. The Labute approximate surface area is 191 Å². The molecular formula is C23H23Cl2N3O3. The highest BCUT2D eigenvalue weighted by Gasteiger charge is 2.15. The van der Waals surface area contributed by atoms with E-state index in [1.54, 1.807) is 30.4 Å². The number of ether oxygens (including phenoxy) is 1. The molecule has 162 valence electrons. The van der Waals surface area contributed by atoms with Crippen LogP contribution in [0.25, 0.3) is 0 Å². The summed E-state index contributed by atoms with van der Waals surface area (Å²) in [6, 6.07) is 12.6. The molecule has 0 atom stereocenters. The molecule has 2 N–H and O–H groups in total. The van der Waals surface area contributed by atoms with Crippen LogP contribution in [0.5, 0.6) is 0 Å². The van der Waals surface area contributed by atoms with E-state index < -0.39 is 5.97 Å². The van der Waals surface area contributed by atoms with Gasteiger partial charge in [-0.25, -0.2) is 0 Å². The number of carbonyl (C=O) groups excluding carboxylic acids is 2. The van der Waals surface area contributed by atoms with Crippen molar-refractivity contribution in [3.8, 4) is 0 Å². The molecule has 1 heterocycles. The fourth-order valence-corrected chi connectivity index (χ4v) is 3.45. The van der Waals surface area contributed by atoms with E-state index in [9.17, 15) is 9.59 Å². The molecule has 2 aromatic rings. The Bertz CT molecular complexity index is 973. The summed E-state index contributed by atoms with van der Waals surface area (Å²) in [6.45, 7) is 0.338. The fourth-order valence-electron chi connectivity index (χ4n) is 2.96. The van der Waals surface area contributed by atoms with Gasteiger partial charge in [-0.05, 0) is 23.8 Å². The molecule has 1 aliphatic heterocycles. The minimum Gasteiger partial charge on any atom is -0.464 e. The highest BCUT2D eigenvalue weighted by atomic mass is 35.5. The van der Waals surface area contributed by atoms with Crippen molar-refractivity contribution in [3.63, 3.8) is 0 Å². The molecule has 0 radical (unpaired) electrons. The second-order valence-corrected chi connectivity index (χ2v) is 7.76. The first-order valence-corrected chi connectivity index (χ1v) is 10.5. The predicted octanol–water partition coefficient (Wildman–Crippen LogP) is 4.53. The van der Waals surface area contributed by atoms with Crippen LogP contribution in [0.2, 0.25) is 10.0 Å². The van der Waals surface area contributed by atoms with Crippen LogP contribution < -0.4 is 10.6 Å². The van der Waals surface area contributed by atoms with Gasteiger partial charge in [-0.2, -0.15) is 0 Å². The Kier molecular flexibility index (Phi) is 7.98. The summed E-state index contributed by atoms with van der Waals surface area (Å²) in [5, 5.41) is 6.92. The van der Waals surface area contributed by atoms with Gasteiger partial charge in [0.2, 0.25) is 5.91 Å². The molecule has 31 heavy (non-hydrogen) atoms. The molecule has 0 fully saturated rings. The minimum absolute atomic E-state index is 0.0691. The van der Waals surface area contributed by atoms with E-state index in [2.05, 4.69) is 10.6 Å². The number of anilines is 2. The zero-order chi connectivity index (χ0) is 22.2. The van der Waals surface area contributed by atoms with Crippen molar-refractivity contribution in [1.29, 1.82) is 0 Å². The summed E-state index contributed by atoms with van der Waals surface area (Å²) in [6.07, 6.45) is 7.32. The van der Waals surface area contributed by atoms with Gasteiger partial charge in [-0.3, -0.25) is 9.59 Å². The van der Waals surface area contributed by atoms with Gasteiger partial charge in [-0.1, -0.05) is 59.6 Å². The van der Waals surface area contributed by atoms with Crippen molar-refractivity contribution in [2.24, 2.45) is 5.92 Å². The average molecular weight is 460 g/mol. The van der Waals surface area contributed by atoms with Crippen LogP contribution >= 0.6 is 23.2 Å². The lowest BCUT2D eigenvalue weighted by atomic mass is 10.1. The van der Waals surface area contributed by atoms with Crippen LogP contribution in [0.4, 0.5) is 11.4 Å². The molecule has 8 heteroatoms. The van der Waals surface area contributed by atoms with E-state index in [0.29, 0.717) is 21.4 Å². The van der Waals surface area contributed by atoms with Gasteiger partial charge in [0.25, 0.3) is 0 Å². The van der Waals surface area contributed by atoms with Crippen LogP contribution in [0.3, 0.4) is 0 Å². The molecule has 3 rings (SSSR count). The van der Waals surface area contributed by atoms with E-state index in [-0.39, 0.29) is 31.4 Å². The van der Waals surface area contributed by atoms with Gasteiger partial charge >= 0.3 is 5.97 Å². The number of carbonyl (C=O) groups is 2. The number of halogens is 2. The van der Waals surface area contributed by atoms with Crippen molar-refractivity contribution >= 4 is 46.5 Å². The summed E-state index contributed by atoms with van der Waals surface area (Å²) in [5.41, 5.74) is 2.03. The minimum atomic E-state index is -0.396. The van der Waals surface area contributed by atoms with Gasteiger partial charge in [0, 0.05) is 25.1 Å². The Morgan fingerprint density at radius 1 is 1.03 bits per heavy atom. The monoisotopic (exact) mass is 459 g/mol. The predicted molar refractivity (Wildman–Crippen MR) is 123 cm³/mol. The smallest absolute Gasteiger partial charge is 0.310 e. The SMILES string of the molecule is CN1C=CC(C(=O)NCCOC(=O)Cc2ccccc2Nc2c(Cl)cccc2Cl)C=C1. The van der Waals surface area contributed by atoms with Crippen molar-refractivity contribution < 1.29 is 14.3 Å². The van der Waals surface area contributed by atoms with Gasteiger partial charge in [0.15, 0.2) is 0 Å². The number of rotatable bonds is 8. The number of para-hydroxylation sites is 2. The maximum Gasteiger partial charge on any atom is 0.310 e. The van der Waals surface area contributed by atoms with Crippen LogP contribution in [0, 0.1) is 5.92 Å². The van der Waals surface area contributed by atoms with E-state index in [1.165, 1.54) is 0 Å². The Morgan fingerprint density at radius 2 is 1.71 bits per heavy atom. The third kappa shape index (κ3) is 6.51. The quantitative estimate of drug-likeness (QED) is 0.448. The second-order valence-electron chi connectivity index (χ2n) is 6.94. The summed E-state index contributed by atoms with van der Waals surface area (Å²) in [4.78, 5) is 26.3. The molecule has 0 saturated heterocycles. The van der Waals surface area contributed by atoms with E-state index in [1.807, 2.05) is 48.6 Å². The summed E-state index contributed by atoms with van der Waals surface area (Å²) in [7, 11) is 1.89. The van der Waals surface area contributed by atoms with Crippen LogP contribution in [0.1, 0.15) is 5.56 Å². The maximum absolute atomic E-state index is 12.3. The third-order valence-corrected chi connectivity index (χ3v) is 5.23. The van der Waals surface area contributed by atoms with Crippen LogP contribution in [0.15, 0.2) is 67.0 Å². The molecule has 1 amide bonds. The van der Waals surface area contributed by atoms with Crippen molar-refractivity contribution in [3.05, 3.63) is 82.6 Å². The first-order chi connectivity index (χ1) is 14.9. The molecule has 0 saturated carbocycles. The first kappa shape index (κ1) is 22.7.